The molecule has 2 rings (SSSR count). The van der Waals surface area contributed by atoms with Gasteiger partial charge in [-0.2, -0.15) is 0 Å². The molecule has 1 atom stereocenters. The first-order valence-corrected chi connectivity index (χ1v) is 8.18. The lowest BCUT2D eigenvalue weighted by Gasteiger charge is -2.45. The van der Waals surface area contributed by atoms with Crippen LogP contribution < -0.4 is 0 Å². The summed E-state index contributed by atoms with van der Waals surface area (Å²) in [6.07, 6.45) is 5.88. The molecule has 0 aromatic carbocycles. The molecule has 1 aliphatic heterocycles. The van der Waals surface area contributed by atoms with E-state index in [1.54, 1.807) is 11.8 Å². The smallest absolute Gasteiger partial charge is 0.320 e. The molecule has 1 saturated heterocycles. The molecule has 0 spiro atoms. The molecule has 5 heteroatoms. The molecule has 5 nitrogen and oxygen atoms in total. The first-order chi connectivity index (χ1) is 9.93. The zero-order chi connectivity index (χ0) is 15.6. The van der Waals surface area contributed by atoms with E-state index in [9.17, 15) is 9.59 Å². The highest BCUT2D eigenvalue weighted by atomic mass is 16.4. The van der Waals surface area contributed by atoms with Crippen LogP contribution in [0.1, 0.15) is 46.0 Å². The molecule has 120 valence electrons. The lowest BCUT2D eigenvalue weighted by atomic mass is 9.84. The number of nitrogens with zero attached hydrogens (tertiary/aromatic N) is 2. The monoisotopic (exact) mass is 296 g/mol. The summed E-state index contributed by atoms with van der Waals surface area (Å²) >= 11 is 0. The van der Waals surface area contributed by atoms with Crippen LogP contribution in [0.2, 0.25) is 0 Å². The summed E-state index contributed by atoms with van der Waals surface area (Å²) in [4.78, 5) is 27.0. The van der Waals surface area contributed by atoms with Crippen molar-refractivity contribution in [2.75, 3.05) is 20.1 Å². The van der Waals surface area contributed by atoms with Crippen molar-refractivity contribution in [2.24, 2.45) is 17.8 Å². The van der Waals surface area contributed by atoms with E-state index in [1.165, 1.54) is 19.3 Å². The van der Waals surface area contributed by atoms with Crippen molar-refractivity contribution in [3.05, 3.63) is 0 Å². The predicted molar refractivity (Wildman–Crippen MR) is 81.1 cm³/mol. The molecular weight excluding hydrogens is 268 g/mol. The van der Waals surface area contributed by atoms with Gasteiger partial charge in [-0.1, -0.05) is 20.3 Å². The molecule has 21 heavy (non-hydrogen) atoms. The van der Waals surface area contributed by atoms with E-state index in [4.69, 9.17) is 5.11 Å². The second-order valence-corrected chi connectivity index (χ2v) is 6.77. The molecule has 2 fully saturated rings. The van der Waals surface area contributed by atoms with E-state index < -0.39 is 5.97 Å². The Morgan fingerprint density at radius 2 is 1.81 bits per heavy atom. The standard InChI is InChI=1S/C16H28N2O3/c1-4-12-5-7-14(8-6-12)17(3)16(21)18-9-13(10-18)11(2)15(19)20/h11-14H,4-10H2,1-3H3,(H,19,20). The Hall–Kier alpha value is -1.26. The molecule has 2 amide bonds. The number of likely N-dealkylation sites (tertiary alicyclic amines) is 1. The average Bonchev–Trinajstić information content (AvgIpc) is 2.44. The Morgan fingerprint density at radius 1 is 1.24 bits per heavy atom. The van der Waals surface area contributed by atoms with Crippen molar-refractivity contribution in [3.63, 3.8) is 0 Å². The molecule has 1 heterocycles. The maximum atomic E-state index is 12.4. The SMILES string of the molecule is CCC1CCC(N(C)C(=O)N2CC(C(C)C(=O)O)C2)CC1. The molecular formula is C16H28N2O3. The van der Waals surface area contributed by atoms with E-state index in [1.807, 2.05) is 11.9 Å². The van der Waals surface area contributed by atoms with Gasteiger partial charge in [0.15, 0.2) is 0 Å². The van der Waals surface area contributed by atoms with Crippen molar-refractivity contribution in [2.45, 2.75) is 52.0 Å². The third-order valence-electron chi connectivity index (χ3n) is 5.52. The van der Waals surface area contributed by atoms with Crippen LogP contribution in [0, 0.1) is 17.8 Å². The Morgan fingerprint density at radius 3 is 2.29 bits per heavy atom. The summed E-state index contributed by atoms with van der Waals surface area (Å²) in [6, 6.07) is 0.431. The minimum absolute atomic E-state index is 0.0730. The fraction of sp³-hybridized carbons (Fsp3) is 0.875. The van der Waals surface area contributed by atoms with Gasteiger partial charge in [-0.15, -0.1) is 0 Å². The Labute approximate surface area is 127 Å². The summed E-state index contributed by atoms with van der Waals surface area (Å²) in [5, 5.41) is 8.99. The number of carbonyl (C=O) groups is 2. The van der Waals surface area contributed by atoms with Crippen molar-refractivity contribution in [1.29, 1.82) is 0 Å². The van der Waals surface area contributed by atoms with Crippen molar-refractivity contribution in [1.82, 2.24) is 9.80 Å². The minimum Gasteiger partial charge on any atom is -0.481 e. The van der Waals surface area contributed by atoms with Crippen molar-refractivity contribution >= 4 is 12.0 Å². The van der Waals surface area contributed by atoms with Crippen LogP contribution in [0.5, 0.6) is 0 Å². The lowest BCUT2D eigenvalue weighted by molar-refractivity contribution is -0.144. The third kappa shape index (κ3) is 3.50. The Balaban J connectivity index is 1.78. The molecule has 0 aromatic rings. The van der Waals surface area contributed by atoms with E-state index in [-0.39, 0.29) is 17.9 Å². The molecule has 1 saturated carbocycles. The van der Waals surface area contributed by atoms with Crippen LogP contribution in [-0.4, -0.2) is 53.1 Å². The number of carboxylic acids is 1. The van der Waals surface area contributed by atoms with Gasteiger partial charge in [0.05, 0.1) is 5.92 Å². The number of hydrogen-bond acceptors (Lipinski definition) is 2. The summed E-state index contributed by atoms with van der Waals surface area (Å²) in [7, 11) is 1.90. The topological polar surface area (TPSA) is 60.9 Å². The average molecular weight is 296 g/mol. The van der Waals surface area contributed by atoms with Gasteiger partial charge in [-0.05, 0) is 31.6 Å². The largest absolute Gasteiger partial charge is 0.481 e. The van der Waals surface area contributed by atoms with Crippen LogP contribution in [0.15, 0.2) is 0 Å². The first-order valence-electron chi connectivity index (χ1n) is 8.18. The summed E-state index contributed by atoms with van der Waals surface area (Å²) < 4.78 is 0. The summed E-state index contributed by atoms with van der Waals surface area (Å²) in [5.41, 5.74) is 0. The highest BCUT2D eigenvalue weighted by Crippen LogP contribution is 2.31. The van der Waals surface area contributed by atoms with Gasteiger partial charge in [-0.3, -0.25) is 4.79 Å². The van der Waals surface area contributed by atoms with Crippen LogP contribution in [0.4, 0.5) is 4.79 Å². The molecule has 2 aliphatic rings. The lowest BCUT2D eigenvalue weighted by Crippen LogP contribution is -2.58. The number of rotatable bonds is 4. The van der Waals surface area contributed by atoms with Gasteiger partial charge in [0.1, 0.15) is 0 Å². The van der Waals surface area contributed by atoms with E-state index in [0.29, 0.717) is 19.1 Å². The molecule has 1 unspecified atom stereocenters. The van der Waals surface area contributed by atoms with Crippen LogP contribution in [0.25, 0.3) is 0 Å². The second-order valence-electron chi connectivity index (χ2n) is 6.77. The number of carboxylic acid groups (broad SMARTS) is 1. The number of aliphatic carboxylic acids is 1. The number of hydrogen-bond donors (Lipinski definition) is 1. The van der Waals surface area contributed by atoms with Crippen LogP contribution >= 0.6 is 0 Å². The molecule has 1 aliphatic carbocycles. The maximum absolute atomic E-state index is 12.4. The maximum Gasteiger partial charge on any atom is 0.320 e. The quantitative estimate of drug-likeness (QED) is 0.867. The highest BCUT2D eigenvalue weighted by Gasteiger charge is 2.39. The molecule has 1 N–H and O–H groups in total. The van der Waals surface area contributed by atoms with Crippen molar-refractivity contribution in [3.8, 4) is 0 Å². The van der Waals surface area contributed by atoms with E-state index in [2.05, 4.69) is 6.92 Å². The Kier molecular flexibility index (Phi) is 5.12. The van der Waals surface area contributed by atoms with Gasteiger partial charge >= 0.3 is 12.0 Å². The molecule has 0 radical (unpaired) electrons. The number of carbonyl (C=O) groups excluding carboxylic acids is 1. The summed E-state index contributed by atoms with van der Waals surface area (Å²) in [6.45, 7) is 5.14. The van der Waals surface area contributed by atoms with Crippen LogP contribution in [-0.2, 0) is 4.79 Å². The van der Waals surface area contributed by atoms with Gasteiger partial charge in [-0.25, -0.2) is 4.79 Å². The fourth-order valence-corrected chi connectivity index (χ4v) is 3.51. The van der Waals surface area contributed by atoms with E-state index in [0.717, 1.165) is 18.8 Å². The molecule has 0 bridgehead atoms. The van der Waals surface area contributed by atoms with E-state index >= 15 is 0 Å². The van der Waals surface area contributed by atoms with Gasteiger partial charge < -0.3 is 14.9 Å². The predicted octanol–water partition coefficient (Wildman–Crippen LogP) is 2.66. The number of urea groups is 1. The highest BCUT2D eigenvalue weighted by molar-refractivity contribution is 5.76. The normalized spacial score (nSPS) is 27.9. The van der Waals surface area contributed by atoms with Gasteiger partial charge in [0, 0.05) is 32.1 Å². The van der Waals surface area contributed by atoms with Gasteiger partial charge in [0.25, 0.3) is 0 Å². The zero-order valence-electron chi connectivity index (χ0n) is 13.4. The Bertz CT molecular complexity index is 385. The second kappa shape index (κ2) is 6.67. The fourth-order valence-electron chi connectivity index (χ4n) is 3.51. The minimum atomic E-state index is -0.765. The summed E-state index contributed by atoms with van der Waals surface area (Å²) in [5.74, 6) is -0.192. The zero-order valence-corrected chi connectivity index (χ0v) is 13.4. The first kappa shape index (κ1) is 16.1. The number of amides is 2. The van der Waals surface area contributed by atoms with Crippen molar-refractivity contribution < 1.29 is 14.7 Å². The van der Waals surface area contributed by atoms with Crippen LogP contribution in [0.3, 0.4) is 0 Å². The molecule has 0 aromatic heterocycles. The third-order valence-corrected chi connectivity index (χ3v) is 5.52. The van der Waals surface area contributed by atoms with Gasteiger partial charge in [0.2, 0.25) is 0 Å².